The number of amides is 1. The molecule has 3 heterocycles. The van der Waals surface area contributed by atoms with E-state index in [1.54, 1.807) is 47.2 Å². The Morgan fingerprint density at radius 1 is 1.19 bits per heavy atom. The summed E-state index contributed by atoms with van der Waals surface area (Å²) in [6.07, 6.45) is 2.84. The Morgan fingerprint density at radius 2 is 1.94 bits per heavy atom. The first-order chi connectivity index (χ1) is 15.4. The highest BCUT2D eigenvalue weighted by molar-refractivity contribution is 8.00. The molecule has 0 radical (unpaired) electrons. The number of nitrogens with zero attached hydrogens (tertiary/aromatic N) is 5. The van der Waals surface area contributed by atoms with Gasteiger partial charge in [0.05, 0.1) is 16.7 Å². The van der Waals surface area contributed by atoms with Crippen LogP contribution in [0.5, 0.6) is 0 Å². The Morgan fingerprint density at radius 3 is 2.62 bits per heavy atom. The zero-order chi connectivity index (χ0) is 22.6. The second-order valence-corrected chi connectivity index (χ2v) is 11.7. The van der Waals surface area contributed by atoms with Gasteiger partial charge in [0.25, 0.3) is 0 Å². The van der Waals surface area contributed by atoms with E-state index in [0.29, 0.717) is 30.5 Å². The maximum absolute atomic E-state index is 12.8. The molecule has 1 aliphatic rings. The van der Waals surface area contributed by atoms with Gasteiger partial charge in [-0.1, -0.05) is 24.2 Å². The number of aromatic nitrogens is 4. The first kappa shape index (κ1) is 22.9. The number of benzene rings is 1. The molecule has 170 valence electrons. The highest BCUT2D eigenvalue weighted by Crippen LogP contribution is 2.25. The SMILES string of the molecule is C[C@H](Sc1nnnn1Cc1cccs1)C(=O)Nc1ccc(S(=O)(=O)N2CCCCC2)cc1. The molecule has 0 unspecified atom stereocenters. The molecule has 9 nitrogen and oxygen atoms in total. The van der Waals surface area contributed by atoms with Crippen LogP contribution in [0.1, 0.15) is 31.1 Å². The topological polar surface area (TPSA) is 110 Å². The van der Waals surface area contributed by atoms with Crippen molar-refractivity contribution in [3.05, 3.63) is 46.7 Å². The molecule has 1 amide bonds. The van der Waals surface area contributed by atoms with Gasteiger partial charge in [0.2, 0.25) is 21.1 Å². The number of tetrazole rings is 1. The summed E-state index contributed by atoms with van der Waals surface area (Å²) in [5, 5.41) is 16.7. The third-order valence-corrected chi connectivity index (χ3v) is 8.96. The van der Waals surface area contributed by atoms with E-state index < -0.39 is 15.3 Å². The number of thioether (sulfide) groups is 1. The number of rotatable bonds is 8. The third-order valence-electron chi connectivity index (χ3n) is 5.11. The van der Waals surface area contributed by atoms with Gasteiger partial charge in [0, 0.05) is 23.7 Å². The van der Waals surface area contributed by atoms with Crippen LogP contribution < -0.4 is 5.32 Å². The Balaban J connectivity index is 1.36. The molecule has 2 aromatic heterocycles. The molecule has 1 aliphatic heterocycles. The minimum absolute atomic E-state index is 0.215. The number of piperidine rings is 1. The molecule has 0 spiro atoms. The Labute approximate surface area is 195 Å². The van der Waals surface area contributed by atoms with E-state index in [0.717, 1.165) is 24.1 Å². The van der Waals surface area contributed by atoms with Crippen LogP contribution in [0.15, 0.2) is 51.8 Å². The Kier molecular flexibility index (Phi) is 7.23. The van der Waals surface area contributed by atoms with E-state index in [1.807, 2.05) is 17.5 Å². The van der Waals surface area contributed by atoms with E-state index in [1.165, 1.54) is 16.1 Å². The van der Waals surface area contributed by atoms with Gasteiger partial charge in [-0.05, 0) is 65.9 Å². The van der Waals surface area contributed by atoms with Crippen LogP contribution in [0.3, 0.4) is 0 Å². The van der Waals surface area contributed by atoms with Gasteiger partial charge in [0.1, 0.15) is 0 Å². The molecular formula is C20H24N6O3S3. The summed E-state index contributed by atoms with van der Waals surface area (Å²) in [5.41, 5.74) is 0.540. The molecule has 0 saturated carbocycles. The Bertz CT molecular complexity index is 1140. The lowest BCUT2D eigenvalue weighted by atomic mass is 10.2. The second-order valence-electron chi connectivity index (χ2n) is 7.44. The predicted molar refractivity (Wildman–Crippen MR) is 124 cm³/mol. The fourth-order valence-electron chi connectivity index (χ4n) is 3.35. The normalized spacial score (nSPS) is 16.0. The lowest BCUT2D eigenvalue weighted by molar-refractivity contribution is -0.115. The first-order valence-electron chi connectivity index (χ1n) is 10.3. The zero-order valence-electron chi connectivity index (χ0n) is 17.5. The van der Waals surface area contributed by atoms with Crippen molar-refractivity contribution in [3.8, 4) is 0 Å². The number of hydrogen-bond acceptors (Lipinski definition) is 8. The van der Waals surface area contributed by atoms with Gasteiger partial charge in [-0.3, -0.25) is 4.79 Å². The molecule has 0 bridgehead atoms. The van der Waals surface area contributed by atoms with Crippen molar-refractivity contribution in [1.82, 2.24) is 24.5 Å². The number of carbonyl (C=O) groups excluding carboxylic acids is 1. The lowest BCUT2D eigenvalue weighted by Crippen LogP contribution is -2.35. The third kappa shape index (κ3) is 5.37. The molecule has 32 heavy (non-hydrogen) atoms. The van der Waals surface area contributed by atoms with Crippen molar-refractivity contribution >= 4 is 44.7 Å². The van der Waals surface area contributed by atoms with Crippen molar-refractivity contribution in [2.24, 2.45) is 0 Å². The first-order valence-corrected chi connectivity index (χ1v) is 13.5. The van der Waals surface area contributed by atoms with Gasteiger partial charge in [-0.2, -0.15) is 4.31 Å². The van der Waals surface area contributed by atoms with Gasteiger partial charge < -0.3 is 5.32 Å². The predicted octanol–water partition coefficient (Wildman–Crippen LogP) is 3.08. The van der Waals surface area contributed by atoms with Crippen molar-refractivity contribution in [1.29, 1.82) is 0 Å². The standard InChI is InChI=1S/C20H24N6O3S3/c1-15(31-20-22-23-24-26(20)14-17-6-5-13-30-17)19(27)21-16-7-9-18(10-8-16)32(28,29)25-11-3-2-4-12-25/h5-10,13,15H,2-4,11-12,14H2,1H3,(H,21,27)/t15-/m0/s1. The molecule has 1 fully saturated rings. The van der Waals surface area contributed by atoms with Crippen molar-refractivity contribution in [2.75, 3.05) is 18.4 Å². The highest BCUT2D eigenvalue weighted by atomic mass is 32.2. The van der Waals surface area contributed by atoms with Gasteiger partial charge in [-0.25, -0.2) is 13.1 Å². The molecule has 1 N–H and O–H groups in total. The highest BCUT2D eigenvalue weighted by Gasteiger charge is 2.26. The van der Waals surface area contributed by atoms with E-state index in [4.69, 9.17) is 0 Å². The monoisotopic (exact) mass is 492 g/mol. The van der Waals surface area contributed by atoms with Crippen LogP contribution in [0.2, 0.25) is 0 Å². The summed E-state index contributed by atoms with van der Waals surface area (Å²) in [4.78, 5) is 14.0. The smallest absolute Gasteiger partial charge is 0.243 e. The van der Waals surface area contributed by atoms with Crippen LogP contribution in [0.25, 0.3) is 0 Å². The summed E-state index contributed by atoms with van der Waals surface area (Å²) in [5.74, 6) is -0.215. The fourth-order valence-corrected chi connectivity index (χ4v) is 6.34. The molecule has 1 aromatic carbocycles. The number of carbonyl (C=O) groups is 1. The van der Waals surface area contributed by atoms with Crippen LogP contribution in [-0.4, -0.2) is 57.2 Å². The second kappa shape index (κ2) is 10.1. The molecule has 4 rings (SSSR count). The van der Waals surface area contributed by atoms with Gasteiger partial charge in [0.15, 0.2) is 0 Å². The van der Waals surface area contributed by atoms with E-state index >= 15 is 0 Å². The summed E-state index contributed by atoms with van der Waals surface area (Å²) < 4.78 is 28.7. The molecular weight excluding hydrogens is 468 g/mol. The van der Waals surface area contributed by atoms with Crippen LogP contribution >= 0.6 is 23.1 Å². The maximum atomic E-state index is 12.8. The molecule has 12 heteroatoms. The molecule has 3 aromatic rings. The van der Waals surface area contributed by atoms with Gasteiger partial charge in [-0.15, -0.1) is 16.4 Å². The van der Waals surface area contributed by atoms with Crippen LogP contribution in [0.4, 0.5) is 5.69 Å². The van der Waals surface area contributed by atoms with Crippen LogP contribution in [0, 0.1) is 0 Å². The van der Waals surface area contributed by atoms with E-state index in [-0.39, 0.29) is 10.8 Å². The minimum Gasteiger partial charge on any atom is -0.325 e. The maximum Gasteiger partial charge on any atom is 0.243 e. The van der Waals surface area contributed by atoms with Crippen molar-refractivity contribution in [2.45, 2.75) is 48.0 Å². The number of anilines is 1. The van der Waals surface area contributed by atoms with Gasteiger partial charge >= 0.3 is 0 Å². The summed E-state index contributed by atoms with van der Waals surface area (Å²) in [6.45, 7) is 3.44. The molecule has 1 saturated heterocycles. The number of thiophene rings is 1. The van der Waals surface area contributed by atoms with Crippen LogP contribution in [-0.2, 0) is 21.4 Å². The number of hydrogen-bond donors (Lipinski definition) is 1. The average Bonchev–Trinajstić information content (AvgIpc) is 3.47. The average molecular weight is 493 g/mol. The fraction of sp³-hybridized carbons (Fsp3) is 0.400. The Hall–Kier alpha value is -2.28. The zero-order valence-corrected chi connectivity index (χ0v) is 20.0. The van der Waals surface area contributed by atoms with E-state index in [9.17, 15) is 13.2 Å². The van der Waals surface area contributed by atoms with Crippen molar-refractivity contribution in [3.63, 3.8) is 0 Å². The quantitative estimate of drug-likeness (QED) is 0.481. The summed E-state index contributed by atoms with van der Waals surface area (Å²) >= 11 is 2.89. The number of sulfonamides is 1. The lowest BCUT2D eigenvalue weighted by Gasteiger charge is -2.25. The minimum atomic E-state index is -3.49. The molecule has 0 aliphatic carbocycles. The number of nitrogens with one attached hydrogen (secondary N) is 1. The summed E-state index contributed by atoms with van der Waals surface area (Å²) in [6, 6.07) is 10.3. The van der Waals surface area contributed by atoms with Crippen molar-refractivity contribution < 1.29 is 13.2 Å². The summed E-state index contributed by atoms with van der Waals surface area (Å²) in [7, 11) is -3.49. The largest absolute Gasteiger partial charge is 0.325 e. The molecule has 1 atom stereocenters. The van der Waals surface area contributed by atoms with E-state index in [2.05, 4.69) is 20.8 Å².